The van der Waals surface area contributed by atoms with Crippen molar-refractivity contribution in [3.8, 4) is 0 Å². The molecule has 3 heterocycles. The molecule has 3 aromatic rings. The van der Waals surface area contributed by atoms with Crippen LogP contribution in [0.4, 0.5) is 5.13 Å². The second kappa shape index (κ2) is 6.29. The highest BCUT2D eigenvalue weighted by Crippen LogP contribution is 2.29. The predicted octanol–water partition coefficient (Wildman–Crippen LogP) is 2.07. The molecule has 1 atom stereocenters. The number of thiazole rings is 1. The van der Waals surface area contributed by atoms with Crippen LogP contribution in [0.25, 0.3) is 0 Å². The minimum atomic E-state index is -0.173. The Bertz CT molecular complexity index is 903. The zero-order valence-corrected chi connectivity index (χ0v) is 14.6. The maximum Gasteiger partial charge on any atom is 0.274 e. The van der Waals surface area contributed by atoms with E-state index in [0.717, 1.165) is 17.2 Å². The van der Waals surface area contributed by atoms with Crippen LogP contribution in [0.5, 0.6) is 0 Å². The lowest BCUT2D eigenvalue weighted by molar-refractivity contribution is 0.0603. The molecule has 4 rings (SSSR count). The fourth-order valence-electron chi connectivity index (χ4n) is 3.20. The van der Waals surface area contributed by atoms with Gasteiger partial charge in [-0.1, -0.05) is 30.3 Å². The third-order valence-corrected chi connectivity index (χ3v) is 4.98. The van der Waals surface area contributed by atoms with Gasteiger partial charge in [0.15, 0.2) is 5.13 Å². The summed E-state index contributed by atoms with van der Waals surface area (Å²) in [5.41, 5.74) is 7.24. The largest absolute Gasteiger partial charge is 0.375 e. The SMILES string of the molecule is Cc1nc2n(n1)CCN(C(=O)c1csc(N)n1)[C@H]2Cc1ccccc1. The summed E-state index contributed by atoms with van der Waals surface area (Å²) in [6, 6.07) is 9.94. The fraction of sp³-hybridized carbons (Fsp3) is 0.294. The van der Waals surface area contributed by atoms with E-state index in [9.17, 15) is 4.79 Å². The number of nitrogens with two attached hydrogens (primary N) is 1. The second-order valence-electron chi connectivity index (χ2n) is 6.02. The van der Waals surface area contributed by atoms with Gasteiger partial charge in [0.2, 0.25) is 0 Å². The van der Waals surface area contributed by atoms with Crippen molar-refractivity contribution in [2.24, 2.45) is 0 Å². The fourth-order valence-corrected chi connectivity index (χ4v) is 3.73. The van der Waals surface area contributed by atoms with E-state index in [1.807, 2.05) is 34.7 Å². The summed E-state index contributed by atoms with van der Waals surface area (Å²) >= 11 is 1.28. The van der Waals surface area contributed by atoms with Crippen LogP contribution in [-0.2, 0) is 13.0 Å². The molecule has 7 nitrogen and oxygen atoms in total. The van der Waals surface area contributed by atoms with Gasteiger partial charge < -0.3 is 10.6 Å². The van der Waals surface area contributed by atoms with E-state index >= 15 is 0 Å². The molecule has 25 heavy (non-hydrogen) atoms. The first-order valence-corrected chi connectivity index (χ1v) is 8.97. The number of nitrogen functional groups attached to an aromatic ring is 1. The quantitative estimate of drug-likeness (QED) is 0.777. The third-order valence-electron chi connectivity index (χ3n) is 4.31. The molecule has 1 aromatic carbocycles. The monoisotopic (exact) mass is 354 g/mol. The van der Waals surface area contributed by atoms with Crippen LogP contribution in [0.15, 0.2) is 35.7 Å². The molecule has 2 N–H and O–H groups in total. The maximum absolute atomic E-state index is 13.0. The predicted molar refractivity (Wildman–Crippen MR) is 95.2 cm³/mol. The molecule has 0 spiro atoms. The van der Waals surface area contributed by atoms with Crippen molar-refractivity contribution < 1.29 is 4.79 Å². The number of carbonyl (C=O) groups excluding carboxylic acids is 1. The zero-order valence-electron chi connectivity index (χ0n) is 13.8. The summed E-state index contributed by atoms with van der Waals surface area (Å²) in [5, 5.41) is 6.56. The Morgan fingerprint density at radius 1 is 1.28 bits per heavy atom. The third kappa shape index (κ3) is 3.00. The van der Waals surface area contributed by atoms with Crippen molar-refractivity contribution >= 4 is 22.4 Å². The average molecular weight is 354 g/mol. The van der Waals surface area contributed by atoms with Gasteiger partial charge in [-0.2, -0.15) is 5.10 Å². The van der Waals surface area contributed by atoms with E-state index in [0.29, 0.717) is 30.3 Å². The first kappa shape index (κ1) is 15.8. The number of aryl methyl sites for hydroxylation is 1. The molecule has 0 radical (unpaired) electrons. The first-order chi connectivity index (χ1) is 12.1. The number of amides is 1. The van der Waals surface area contributed by atoms with Crippen LogP contribution in [-0.4, -0.2) is 37.1 Å². The van der Waals surface area contributed by atoms with Gasteiger partial charge in [-0.3, -0.25) is 4.79 Å². The van der Waals surface area contributed by atoms with Crippen molar-refractivity contribution in [1.82, 2.24) is 24.6 Å². The van der Waals surface area contributed by atoms with E-state index in [1.54, 1.807) is 5.38 Å². The van der Waals surface area contributed by atoms with Crippen LogP contribution >= 0.6 is 11.3 Å². The summed E-state index contributed by atoms with van der Waals surface area (Å²) in [6.07, 6.45) is 0.685. The van der Waals surface area contributed by atoms with Gasteiger partial charge in [-0.15, -0.1) is 11.3 Å². The Morgan fingerprint density at radius 3 is 2.80 bits per heavy atom. The number of hydrogen-bond donors (Lipinski definition) is 1. The molecule has 1 aliphatic heterocycles. The van der Waals surface area contributed by atoms with Crippen LogP contribution in [0.1, 0.15) is 33.7 Å². The van der Waals surface area contributed by atoms with Crippen molar-refractivity contribution in [2.75, 3.05) is 12.3 Å². The lowest BCUT2D eigenvalue weighted by Gasteiger charge is -2.35. The molecule has 0 fully saturated rings. The molecule has 0 bridgehead atoms. The molecule has 8 heteroatoms. The Labute approximate surface area is 149 Å². The Hall–Kier alpha value is -2.74. The highest BCUT2D eigenvalue weighted by atomic mass is 32.1. The Morgan fingerprint density at radius 2 is 2.08 bits per heavy atom. The van der Waals surface area contributed by atoms with Gasteiger partial charge in [0.25, 0.3) is 5.91 Å². The van der Waals surface area contributed by atoms with Gasteiger partial charge in [0.05, 0.1) is 12.6 Å². The average Bonchev–Trinajstić information content (AvgIpc) is 3.21. The minimum absolute atomic E-state index is 0.110. The molecule has 1 amide bonds. The number of carbonyl (C=O) groups is 1. The van der Waals surface area contributed by atoms with E-state index in [1.165, 1.54) is 11.3 Å². The smallest absolute Gasteiger partial charge is 0.274 e. The van der Waals surface area contributed by atoms with Crippen molar-refractivity contribution in [1.29, 1.82) is 0 Å². The molecule has 0 unspecified atom stereocenters. The molecule has 1 aliphatic rings. The highest BCUT2D eigenvalue weighted by Gasteiger charge is 2.34. The summed E-state index contributed by atoms with van der Waals surface area (Å²) in [6.45, 7) is 3.08. The van der Waals surface area contributed by atoms with Crippen LogP contribution in [0, 0.1) is 6.92 Å². The first-order valence-electron chi connectivity index (χ1n) is 8.09. The molecular weight excluding hydrogens is 336 g/mol. The van der Waals surface area contributed by atoms with Crippen molar-refractivity contribution in [3.63, 3.8) is 0 Å². The number of fused-ring (bicyclic) bond motifs is 1. The number of nitrogens with zero attached hydrogens (tertiary/aromatic N) is 5. The molecule has 0 aliphatic carbocycles. The summed E-state index contributed by atoms with van der Waals surface area (Å²) in [7, 11) is 0. The highest BCUT2D eigenvalue weighted by molar-refractivity contribution is 7.13. The minimum Gasteiger partial charge on any atom is -0.375 e. The topological polar surface area (TPSA) is 89.9 Å². The van der Waals surface area contributed by atoms with Crippen molar-refractivity contribution in [2.45, 2.75) is 25.9 Å². The second-order valence-corrected chi connectivity index (χ2v) is 6.91. The van der Waals surface area contributed by atoms with Crippen LogP contribution in [0.2, 0.25) is 0 Å². The number of anilines is 1. The Balaban J connectivity index is 1.70. The van der Waals surface area contributed by atoms with Gasteiger partial charge in [0, 0.05) is 18.3 Å². The number of hydrogen-bond acceptors (Lipinski definition) is 6. The van der Waals surface area contributed by atoms with E-state index in [-0.39, 0.29) is 11.9 Å². The summed E-state index contributed by atoms with van der Waals surface area (Å²) in [4.78, 5) is 23.6. The van der Waals surface area contributed by atoms with Crippen molar-refractivity contribution in [3.05, 3.63) is 58.6 Å². The normalized spacial score (nSPS) is 16.7. The lowest BCUT2D eigenvalue weighted by Crippen LogP contribution is -2.43. The van der Waals surface area contributed by atoms with Gasteiger partial charge in [0.1, 0.15) is 17.3 Å². The summed E-state index contributed by atoms with van der Waals surface area (Å²) in [5.74, 6) is 1.44. The van der Waals surface area contributed by atoms with Crippen LogP contribution < -0.4 is 5.73 Å². The van der Waals surface area contributed by atoms with Gasteiger partial charge in [-0.25, -0.2) is 14.6 Å². The van der Waals surface area contributed by atoms with Gasteiger partial charge >= 0.3 is 0 Å². The maximum atomic E-state index is 13.0. The lowest BCUT2D eigenvalue weighted by atomic mass is 10.0. The number of benzene rings is 1. The Kier molecular flexibility index (Phi) is 3.96. The van der Waals surface area contributed by atoms with E-state index in [2.05, 4.69) is 27.2 Å². The molecule has 0 saturated heterocycles. The zero-order chi connectivity index (χ0) is 17.4. The van der Waals surface area contributed by atoms with Crippen LogP contribution in [0.3, 0.4) is 0 Å². The molecule has 0 saturated carbocycles. The standard InChI is InChI=1S/C17H18N6OS/c1-11-19-15-14(9-12-5-3-2-4-6-12)22(7-8-23(15)21-11)16(24)13-10-25-17(18)20-13/h2-6,10,14H,7-9H2,1H3,(H2,18,20)/t14-/m0/s1. The molecule has 128 valence electrons. The summed E-state index contributed by atoms with van der Waals surface area (Å²) < 4.78 is 1.90. The molecular formula is C17H18N6OS. The number of aromatic nitrogens is 4. The molecule has 2 aromatic heterocycles. The van der Waals surface area contributed by atoms with E-state index in [4.69, 9.17) is 5.73 Å². The van der Waals surface area contributed by atoms with Gasteiger partial charge in [-0.05, 0) is 12.5 Å². The van der Waals surface area contributed by atoms with E-state index < -0.39 is 0 Å². The number of rotatable bonds is 3.